The summed E-state index contributed by atoms with van der Waals surface area (Å²) >= 11 is 0. The summed E-state index contributed by atoms with van der Waals surface area (Å²) in [5.41, 5.74) is 7.56. The van der Waals surface area contributed by atoms with E-state index in [0.717, 1.165) is 102 Å². The van der Waals surface area contributed by atoms with E-state index < -0.39 is 0 Å². The van der Waals surface area contributed by atoms with E-state index in [9.17, 15) is 4.79 Å². The van der Waals surface area contributed by atoms with E-state index in [0.29, 0.717) is 38.6 Å². The van der Waals surface area contributed by atoms with Gasteiger partial charge in [-0.1, -0.05) is 69.6 Å². The number of rotatable bonds is 19. The van der Waals surface area contributed by atoms with E-state index in [2.05, 4.69) is 89.0 Å². The number of aryl methyl sites for hydroxylation is 1. The van der Waals surface area contributed by atoms with Crippen molar-refractivity contribution in [2.75, 3.05) is 49.7 Å². The fourth-order valence-electron chi connectivity index (χ4n) is 6.28. The second-order valence-electron chi connectivity index (χ2n) is 13.6. The molecule has 1 aliphatic heterocycles. The molecule has 0 radical (unpaired) electrons. The van der Waals surface area contributed by atoms with Crippen molar-refractivity contribution in [3.63, 3.8) is 0 Å². The monoisotopic (exact) mass is 705 g/mol. The van der Waals surface area contributed by atoms with Gasteiger partial charge < -0.3 is 29.1 Å². The van der Waals surface area contributed by atoms with E-state index in [-0.39, 0.29) is 5.91 Å². The zero-order chi connectivity index (χ0) is 36.7. The molecule has 4 aromatic rings. The average Bonchev–Trinajstić information content (AvgIpc) is 3.51. The highest BCUT2D eigenvalue weighted by Gasteiger charge is 2.21. The maximum atomic E-state index is 13.8. The summed E-state index contributed by atoms with van der Waals surface area (Å²) in [6.45, 7) is 15.6. The summed E-state index contributed by atoms with van der Waals surface area (Å²) in [5, 5.41) is 7.57. The number of amides is 1. The van der Waals surface area contributed by atoms with Crippen LogP contribution in [0.25, 0.3) is 17.2 Å². The third kappa shape index (κ3) is 10.8. The molecule has 2 heterocycles. The van der Waals surface area contributed by atoms with E-state index in [1.54, 1.807) is 0 Å². The molecule has 5 rings (SSSR count). The van der Waals surface area contributed by atoms with Gasteiger partial charge in [-0.05, 0) is 96.8 Å². The van der Waals surface area contributed by atoms with Gasteiger partial charge in [0.1, 0.15) is 24.8 Å². The Bertz CT molecular complexity index is 1780. The Labute approximate surface area is 309 Å². The Morgan fingerprint density at radius 3 is 2.46 bits per heavy atom. The Hall–Kier alpha value is -4.89. The second kappa shape index (κ2) is 19.6. The molecule has 0 fully saturated rings. The van der Waals surface area contributed by atoms with Crippen molar-refractivity contribution in [2.24, 2.45) is 11.1 Å². The summed E-state index contributed by atoms with van der Waals surface area (Å²) < 4.78 is 13.7. The van der Waals surface area contributed by atoms with Gasteiger partial charge in [-0.15, -0.1) is 0 Å². The van der Waals surface area contributed by atoms with Crippen molar-refractivity contribution < 1.29 is 19.1 Å². The van der Waals surface area contributed by atoms with Gasteiger partial charge in [-0.3, -0.25) is 4.79 Å². The van der Waals surface area contributed by atoms with Crippen LogP contribution in [0.5, 0.6) is 5.75 Å². The number of nitrogens with zero attached hydrogens (tertiary/aromatic N) is 4. The number of ether oxygens (including phenoxy) is 2. The van der Waals surface area contributed by atoms with Gasteiger partial charge in [0.25, 0.3) is 5.91 Å². The molecule has 9 nitrogen and oxygen atoms in total. The number of hydrogen-bond donors (Lipinski definition) is 1. The normalized spacial score (nSPS) is 13.1. The molecule has 0 saturated heterocycles. The predicted octanol–water partition coefficient (Wildman–Crippen LogP) is 9.03. The molecular formula is C43H55N5O4. The van der Waals surface area contributed by atoms with Crippen molar-refractivity contribution in [3.05, 3.63) is 102 Å². The first-order valence-electron chi connectivity index (χ1n) is 18.9. The maximum absolute atomic E-state index is 13.8. The smallest absolute Gasteiger partial charge is 0.251 e. The minimum absolute atomic E-state index is 0.0968. The van der Waals surface area contributed by atoms with E-state index in [4.69, 9.17) is 14.3 Å². The molecule has 1 aromatic heterocycles. The number of oxime groups is 1. The zero-order valence-corrected chi connectivity index (χ0v) is 31.6. The van der Waals surface area contributed by atoms with Crippen LogP contribution in [0, 0.1) is 5.92 Å². The first-order valence-corrected chi connectivity index (χ1v) is 18.9. The summed E-state index contributed by atoms with van der Waals surface area (Å²) in [6.07, 6.45) is 10.3. The first kappa shape index (κ1) is 38.3. The van der Waals surface area contributed by atoms with Crippen LogP contribution in [0.15, 0.2) is 89.9 Å². The average molecular weight is 706 g/mol. The quantitative estimate of drug-likeness (QED) is 0.0595. The van der Waals surface area contributed by atoms with Crippen LogP contribution in [0.1, 0.15) is 77.3 Å². The molecule has 1 aliphatic rings. The molecule has 0 saturated carbocycles. The highest BCUT2D eigenvalue weighted by Crippen LogP contribution is 2.34. The molecule has 276 valence electrons. The molecule has 9 heteroatoms. The number of anilines is 2. The van der Waals surface area contributed by atoms with Gasteiger partial charge in [0.2, 0.25) is 0 Å². The van der Waals surface area contributed by atoms with Crippen molar-refractivity contribution >= 4 is 29.1 Å². The van der Waals surface area contributed by atoms with Crippen LogP contribution in [-0.2, 0) is 27.3 Å². The molecule has 0 aliphatic carbocycles. The molecule has 52 heavy (non-hydrogen) atoms. The first-order chi connectivity index (χ1) is 25.4. The molecule has 0 unspecified atom stereocenters. The highest BCUT2D eigenvalue weighted by molar-refractivity contribution is 6.08. The largest absolute Gasteiger partial charge is 0.491 e. The third-order valence-corrected chi connectivity index (χ3v) is 8.92. The molecule has 3 aromatic carbocycles. The van der Waals surface area contributed by atoms with Gasteiger partial charge in [-0.25, -0.2) is 4.98 Å². The Morgan fingerprint density at radius 2 is 1.73 bits per heavy atom. The fraction of sp³-hybridized carbons (Fsp3) is 0.419. The van der Waals surface area contributed by atoms with Crippen LogP contribution in [0.2, 0.25) is 0 Å². The number of hydrogen-bond acceptors (Lipinski definition) is 7. The highest BCUT2D eigenvalue weighted by atomic mass is 16.6. The van der Waals surface area contributed by atoms with Gasteiger partial charge in [0, 0.05) is 55.6 Å². The van der Waals surface area contributed by atoms with Gasteiger partial charge in [-0.2, -0.15) is 0 Å². The second-order valence-corrected chi connectivity index (χ2v) is 13.6. The lowest BCUT2D eigenvalue weighted by atomic mass is 10.00. The number of fused-ring (bicyclic) bond motifs is 1. The topological polar surface area (TPSA) is 90.2 Å². The van der Waals surface area contributed by atoms with Crippen LogP contribution in [0.3, 0.4) is 0 Å². The molecule has 0 bridgehead atoms. The summed E-state index contributed by atoms with van der Waals surface area (Å²) in [4.78, 5) is 26.2. The minimum Gasteiger partial charge on any atom is -0.491 e. The lowest BCUT2D eigenvalue weighted by Gasteiger charge is -2.27. The summed E-state index contributed by atoms with van der Waals surface area (Å²) in [7, 11) is 0. The van der Waals surface area contributed by atoms with Crippen LogP contribution >= 0.6 is 0 Å². The number of carbonyl (C=O) groups is 1. The number of aromatic nitrogens is 2. The fourth-order valence-corrected chi connectivity index (χ4v) is 6.28. The standard InChI is InChI=1S/C43H55N5O4/c1-6-9-25-50-26-27-51-39-17-12-33(13-18-39)35-14-19-41-37(28-35)29-36(20-23-48(41)31-32(4)5)43(49)45-38-15-10-34(11-16-38)40(46-52-8-3)30-42-44-21-24-47(42)22-7-2/h10-19,21,24,28-29,32H,6-9,20,22-23,25-27,30-31H2,1-5H3,(H,45,49)/b46-40+. The van der Waals surface area contributed by atoms with Gasteiger partial charge in [0.15, 0.2) is 0 Å². The molecular weight excluding hydrogens is 651 g/mol. The number of carbonyl (C=O) groups excluding carboxylic acids is 1. The summed E-state index contributed by atoms with van der Waals surface area (Å²) in [6, 6.07) is 22.5. The van der Waals surface area contributed by atoms with Crippen molar-refractivity contribution in [2.45, 2.75) is 73.3 Å². The van der Waals surface area contributed by atoms with Crippen molar-refractivity contribution in [3.8, 4) is 16.9 Å². The Morgan fingerprint density at radius 1 is 0.942 bits per heavy atom. The number of imidazole rings is 1. The lowest BCUT2D eigenvalue weighted by molar-refractivity contribution is -0.112. The Balaban J connectivity index is 1.31. The van der Waals surface area contributed by atoms with Gasteiger partial charge in [0.05, 0.1) is 18.7 Å². The predicted molar refractivity (Wildman–Crippen MR) is 212 cm³/mol. The number of benzene rings is 3. The minimum atomic E-state index is -0.0968. The molecule has 0 atom stereocenters. The van der Waals surface area contributed by atoms with Crippen LogP contribution in [0.4, 0.5) is 11.4 Å². The molecule has 1 amide bonds. The van der Waals surface area contributed by atoms with Crippen molar-refractivity contribution in [1.82, 2.24) is 9.55 Å². The zero-order valence-electron chi connectivity index (χ0n) is 31.6. The van der Waals surface area contributed by atoms with Crippen LogP contribution < -0.4 is 15.0 Å². The molecule has 0 spiro atoms. The SMILES string of the molecule is CCCCOCCOc1ccc(-c2ccc3c(c2)C=C(C(=O)Nc2ccc(/C(Cc4nccn4CCC)=N/OCC)cc2)CCN3CC(C)C)cc1. The van der Waals surface area contributed by atoms with E-state index in [1.807, 2.05) is 55.7 Å². The van der Waals surface area contributed by atoms with E-state index >= 15 is 0 Å². The number of nitrogens with one attached hydrogen (secondary N) is 1. The van der Waals surface area contributed by atoms with Gasteiger partial charge >= 0.3 is 0 Å². The molecule has 1 N–H and O–H groups in total. The Kier molecular flexibility index (Phi) is 14.5. The summed E-state index contributed by atoms with van der Waals surface area (Å²) in [5.74, 6) is 2.15. The van der Waals surface area contributed by atoms with Crippen molar-refractivity contribution in [1.29, 1.82) is 0 Å². The van der Waals surface area contributed by atoms with E-state index in [1.165, 1.54) is 0 Å². The number of unbranched alkanes of at least 4 members (excludes halogenated alkanes) is 1. The third-order valence-electron chi connectivity index (χ3n) is 8.92. The lowest BCUT2D eigenvalue weighted by Crippen LogP contribution is -2.29. The van der Waals surface area contributed by atoms with Crippen LogP contribution in [-0.4, -0.2) is 60.7 Å². The maximum Gasteiger partial charge on any atom is 0.251 e.